The smallest absolute Gasteiger partial charge is 0.341 e. The van der Waals surface area contributed by atoms with Gasteiger partial charge in [-0.15, -0.1) is 0 Å². The molecule has 176 valence electrons. The number of nitrogens with zero attached hydrogens (tertiary/aromatic N) is 4. The van der Waals surface area contributed by atoms with Crippen molar-refractivity contribution in [3.05, 3.63) is 83.0 Å². The van der Waals surface area contributed by atoms with Crippen LogP contribution in [0, 0.1) is 0 Å². The van der Waals surface area contributed by atoms with Crippen molar-refractivity contribution in [2.45, 2.75) is 0 Å². The Hall–Kier alpha value is -4.44. The van der Waals surface area contributed by atoms with Gasteiger partial charge in [0.2, 0.25) is 0 Å². The number of pyridine rings is 1. The number of carbonyl (C=O) groups is 1. The Balaban J connectivity index is 1.62. The van der Waals surface area contributed by atoms with Crippen LogP contribution in [0.4, 0.5) is 0 Å². The second-order valence-electron chi connectivity index (χ2n) is 7.48. The van der Waals surface area contributed by atoms with E-state index in [2.05, 4.69) is 10.1 Å². The number of methoxy groups -OCH3 is 3. The van der Waals surface area contributed by atoms with E-state index < -0.39 is 5.97 Å². The van der Waals surface area contributed by atoms with Crippen molar-refractivity contribution >= 4 is 17.3 Å². The lowest BCUT2D eigenvalue weighted by Gasteiger charge is -2.09. The van der Waals surface area contributed by atoms with Crippen molar-refractivity contribution < 1.29 is 19.0 Å². The summed E-state index contributed by atoms with van der Waals surface area (Å²) in [5.74, 6) is 0.816. The Morgan fingerprint density at radius 1 is 0.914 bits per heavy atom. The van der Waals surface area contributed by atoms with E-state index in [1.165, 1.54) is 23.1 Å². The van der Waals surface area contributed by atoms with Gasteiger partial charge in [-0.1, -0.05) is 11.3 Å². The van der Waals surface area contributed by atoms with E-state index in [9.17, 15) is 9.59 Å². The fraction of sp³-hybridized carbons (Fsp3) is 0.120. The van der Waals surface area contributed by atoms with Crippen LogP contribution in [0.2, 0.25) is 0 Å². The molecule has 10 heteroatoms. The van der Waals surface area contributed by atoms with Crippen molar-refractivity contribution in [2.24, 2.45) is 0 Å². The number of thiazole rings is 1. The number of rotatable bonds is 6. The van der Waals surface area contributed by atoms with Gasteiger partial charge >= 0.3 is 5.97 Å². The zero-order valence-electron chi connectivity index (χ0n) is 19.1. The van der Waals surface area contributed by atoms with Crippen LogP contribution < -0.4 is 15.0 Å². The standard InChI is InChI=1S/C25H20N4O5S/c1-32-17-8-4-15(5-9-17)21-12-26-25(35-21)28-13-19-22(20(14-28)24(31)34-3)27-29(23(19)30)16-6-10-18(33-2)11-7-16/h4-14H,1-3H3. The Labute approximate surface area is 204 Å². The number of ether oxygens (including phenoxy) is 3. The summed E-state index contributed by atoms with van der Waals surface area (Å²) in [6.45, 7) is 0. The molecule has 0 fully saturated rings. The molecule has 3 aromatic rings. The molecule has 2 aromatic carbocycles. The van der Waals surface area contributed by atoms with Crippen molar-refractivity contribution in [1.82, 2.24) is 19.3 Å². The highest BCUT2D eigenvalue weighted by Crippen LogP contribution is 2.31. The molecule has 0 amide bonds. The average molecular weight is 489 g/mol. The summed E-state index contributed by atoms with van der Waals surface area (Å²) in [6.07, 6.45) is 4.96. The molecule has 9 nitrogen and oxygen atoms in total. The summed E-state index contributed by atoms with van der Waals surface area (Å²) < 4.78 is 18.3. The van der Waals surface area contributed by atoms with E-state index in [4.69, 9.17) is 14.2 Å². The highest BCUT2D eigenvalue weighted by Gasteiger charge is 2.26. The Morgan fingerprint density at radius 2 is 1.57 bits per heavy atom. The Morgan fingerprint density at radius 3 is 2.20 bits per heavy atom. The minimum atomic E-state index is -0.601. The lowest BCUT2D eigenvalue weighted by molar-refractivity contribution is 0.0600. The van der Waals surface area contributed by atoms with Crippen LogP contribution in [-0.2, 0) is 4.74 Å². The molecule has 0 unspecified atom stereocenters. The molecular weight excluding hydrogens is 468 g/mol. The maximum absolute atomic E-state index is 13.3. The first kappa shape index (κ1) is 22.4. The van der Waals surface area contributed by atoms with E-state index in [1.54, 1.807) is 61.6 Å². The number of esters is 1. The molecule has 2 aliphatic rings. The molecule has 0 spiro atoms. The lowest BCUT2D eigenvalue weighted by Crippen LogP contribution is -2.15. The second kappa shape index (κ2) is 9.07. The molecule has 1 aromatic heterocycles. The first-order valence-electron chi connectivity index (χ1n) is 10.5. The number of hydrogen-bond acceptors (Lipinski definition) is 8. The van der Waals surface area contributed by atoms with Crippen molar-refractivity contribution in [3.63, 3.8) is 0 Å². The van der Waals surface area contributed by atoms with E-state index in [1.807, 2.05) is 24.3 Å². The Bertz CT molecular complexity index is 1530. The normalized spacial score (nSPS) is 10.9. The first-order valence-corrected chi connectivity index (χ1v) is 11.3. The minimum Gasteiger partial charge on any atom is -0.497 e. The third-order valence-corrected chi connectivity index (χ3v) is 6.54. The second-order valence-corrected chi connectivity index (χ2v) is 8.49. The molecule has 0 aliphatic carbocycles. The molecule has 5 rings (SSSR count). The van der Waals surface area contributed by atoms with Gasteiger partial charge in [-0.2, -0.15) is 9.78 Å². The van der Waals surface area contributed by atoms with E-state index >= 15 is 0 Å². The monoisotopic (exact) mass is 488 g/mol. The van der Waals surface area contributed by atoms with Crippen LogP contribution in [-0.4, -0.2) is 46.6 Å². The maximum atomic E-state index is 13.3. The molecule has 35 heavy (non-hydrogen) atoms. The van der Waals surface area contributed by atoms with Crippen molar-refractivity contribution in [2.75, 3.05) is 21.3 Å². The van der Waals surface area contributed by atoms with Gasteiger partial charge < -0.3 is 14.2 Å². The maximum Gasteiger partial charge on any atom is 0.341 e. The van der Waals surface area contributed by atoms with E-state index in [0.29, 0.717) is 16.6 Å². The number of aromatic nitrogens is 4. The molecule has 0 bridgehead atoms. The predicted octanol–water partition coefficient (Wildman–Crippen LogP) is 4.06. The average Bonchev–Trinajstić information content (AvgIpc) is 3.53. The zero-order valence-corrected chi connectivity index (χ0v) is 19.9. The van der Waals surface area contributed by atoms with Gasteiger partial charge in [0, 0.05) is 18.6 Å². The quantitative estimate of drug-likeness (QED) is 0.333. The van der Waals surface area contributed by atoms with Gasteiger partial charge in [-0.25, -0.2) is 9.78 Å². The summed E-state index contributed by atoms with van der Waals surface area (Å²) in [6, 6.07) is 14.6. The molecule has 2 aliphatic heterocycles. The molecule has 0 saturated heterocycles. The SMILES string of the molecule is COC(=O)c1cn(-c2ncc(-c3ccc(OC)cc3)s2)cc2c(=O)n(-c3ccc(OC)cc3)nc1-2. The summed E-state index contributed by atoms with van der Waals surface area (Å²) >= 11 is 1.42. The van der Waals surface area contributed by atoms with Gasteiger partial charge in [0.05, 0.1) is 37.5 Å². The predicted molar refractivity (Wildman–Crippen MR) is 131 cm³/mol. The van der Waals surface area contributed by atoms with Gasteiger partial charge in [0.15, 0.2) is 5.13 Å². The van der Waals surface area contributed by atoms with Gasteiger partial charge in [-0.05, 0) is 54.1 Å². The van der Waals surface area contributed by atoms with E-state index in [0.717, 1.165) is 16.2 Å². The fourth-order valence-corrected chi connectivity index (χ4v) is 4.52. The lowest BCUT2D eigenvalue weighted by atomic mass is 10.1. The third kappa shape index (κ3) is 4.04. The van der Waals surface area contributed by atoms with Crippen molar-refractivity contribution in [3.8, 4) is 44.0 Å². The highest BCUT2D eigenvalue weighted by atomic mass is 32.1. The van der Waals surface area contributed by atoms with Crippen molar-refractivity contribution in [1.29, 1.82) is 0 Å². The summed E-state index contributed by atoms with van der Waals surface area (Å²) in [7, 11) is 4.47. The summed E-state index contributed by atoms with van der Waals surface area (Å²) in [5.41, 5.74) is 1.84. The van der Waals surface area contributed by atoms with Crippen LogP contribution in [0.5, 0.6) is 11.5 Å². The van der Waals surface area contributed by atoms with Crippen LogP contribution in [0.3, 0.4) is 0 Å². The number of benzene rings is 2. The largest absolute Gasteiger partial charge is 0.497 e. The molecule has 0 atom stereocenters. The van der Waals surface area contributed by atoms with Gasteiger partial charge in [-0.3, -0.25) is 9.36 Å². The first-order chi connectivity index (χ1) is 17.0. The number of fused-ring (bicyclic) bond motifs is 1. The highest BCUT2D eigenvalue weighted by molar-refractivity contribution is 7.17. The zero-order chi connectivity index (χ0) is 24.5. The third-order valence-electron chi connectivity index (χ3n) is 5.48. The van der Waals surface area contributed by atoms with Crippen LogP contribution in [0.25, 0.3) is 32.5 Å². The van der Waals surface area contributed by atoms with Crippen LogP contribution in [0.1, 0.15) is 10.4 Å². The number of hydrogen-bond donors (Lipinski definition) is 0. The fourth-order valence-electron chi connectivity index (χ4n) is 3.65. The van der Waals surface area contributed by atoms with Crippen LogP contribution in [0.15, 0.2) is 71.9 Å². The minimum absolute atomic E-state index is 0.163. The van der Waals surface area contributed by atoms with Gasteiger partial charge in [0.25, 0.3) is 5.56 Å². The number of carbonyl (C=O) groups excluding carboxylic acids is 1. The summed E-state index contributed by atoms with van der Waals surface area (Å²) in [5, 5.41) is 5.01. The molecular formula is C25H20N4O5S. The topological polar surface area (TPSA) is 97.5 Å². The Kier molecular flexibility index (Phi) is 5.79. The molecule has 0 saturated carbocycles. The van der Waals surface area contributed by atoms with Gasteiger partial charge in [0.1, 0.15) is 22.8 Å². The molecule has 0 radical (unpaired) electrons. The summed E-state index contributed by atoms with van der Waals surface area (Å²) in [4.78, 5) is 31.3. The van der Waals surface area contributed by atoms with Crippen LogP contribution >= 0.6 is 11.3 Å². The van der Waals surface area contributed by atoms with E-state index in [-0.39, 0.29) is 22.4 Å². The molecule has 3 heterocycles. The molecule has 0 N–H and O–H groups in total.